The van der Waals surface area contributed by atoms with Crippen LogP contribution in [0.5, 0.6) is 0 Å². The minimum Gasteiger partial charge on any atom is -0.341 e. The van der Waals surface area contributed by atoms with Crippen LogP contribution in [0, 0.1) is 5.92 Å². The van der Waals surface area contributed by atoms with Crippen molar-refractivity contribution in [3.63, 3.8) is 0 Å². The quantitative estimate of drug-likeness (QED) is 0.730. The molecule has 1 saturated heterocycles. The standard InChI is InChI=1S/C20H26N4OS/c25-19(15-26-18-8-1-2-9-21-18)23-11-4-7-17(14-23)20-22-10-12-24(20)13-16-5-3-6-16/h1-2,8-10,12,16-17H,3-7,11,13-15H2/t17-/m0/s1. The molecule has 138 valence electrons. The molecule has 1 saturated carbocycles. The number of piperidine rings is 1. The van der Waals surface area contributed by atoms with Crippen LogP contribution in [-0.4, -0.2) is 44.2 Å². The van der Waals surface area contributed by atoms with Gasteiger partial charge in [-0.05, 0) is 43.7 Å². The van der Waals surface area contributed by atoms with Crippen molar-refractivity contribution in [3.05, 3.63) is 42.6 Å². The topological polar surface area (TPSA) is 51.0 Å². The first-order valence-corrected chi connectivity index (χ1v) is 10.6. The van der Waals surface area contributed by atoms with Crippen molar-refractivity contribution in [1.29, 1.82) is 0 Å². The zero-order chi connectivity index (χ0) is 17.8. The Balaban J connectivity index is 1.35. The third-order valence-corrected chi connectivity index (χ3v) is 6.48. The summed E-state index contributed by atoms with van der Waals surface area (Å²) in [6.07, 6.45) is 12.0. The van der Waals surface area contributed by atoms with Gasteiger partial charge in [0.1, 0.15) is 5.82 Å². The molecule has 0 radical (unpaired) electrons. The summed E-state index contributed by atoms with van der Waals surface area (Å²) in [6.45, 7) is 2.75. The Bertz CT molecular complexity index is 728. The number of aromatic nitrogens is 3. The van der Waals surface area contributed by atoms with Crippen LogP contribution in [0.3, 0.4) is 0 Å². The molecule has 0 spiro atoms. The van der Waals surface area contributed by atoms with Gasteiger partial charge in [-0.15, -0.1) is 0 Å². The van der Waals surface area contributed by atoms with E-state index in [2.05, 4.69) is 20.7 Å². The van der Waals surface area contributed by atoms with Gasteiger partial charge < -0.3 is 9.47 Å². The van der Waals surface area contributed by atoms with Crippen LogP contribution in [0.1, 0.15) is 43.8 Å². The maximum atomic E-state index is 12.7. The fourth-order valence-electron chi connectivity index (χ4n) is 3.86. The molecule has 2 aromatic rings. The molecule has 1 aliphatic carbocycles. The van der Waals surface area contributed by atoms with Gasteiger partial charge in [-0.2, -0.15) is 0 Å². The van der Waals surface area contributed by atoms with Gasteiger partial charge >= 0.3 is 0 Å². The first-order valence-electron chi connectivity index (χ1n) is 9.62. The zero-order valence-corrected chi connectivity index (χ0v) is 15.9. The number of likely N-dealkylation sites (tertiary alicyclic amines) is 1. The van der Waals surface area contributed by atoms with E-state index in [1.165, 1.54) is 36.8 Å². The largest absolute Gasteiger partial charge is 0.341 e. The molecule has 0 aromatic carbocycles. The first-order chi connectivity index (χ1) is 12.8. The van der Waals surface area contributed by atoms with Crippen molar-refractivity contribution in [2.75, 3.05) is 18.8 Å². The molecule has 0 N–H and O–H groups in total. The number of pyridine rings is 1. The molecule has 2 aliphatic rings. The number of thioether (sulfide) groups is 1. The van der Waals surface area contributed by atoms with Crippen molar-refractivity contribution in [1.82, 2.24) is 19.4 Å². The van der Waals surface area contributed by atoms with Gasteiger partial charge in [0, 0.05) is 44.1 Å². The smallest absolute Gasteiger partial charge is 0.233 e. The lowest BCUT2D eigenvalue weighted by molar-refractivity contribution is -0.129. The van der Waals surface area contributed by atoms with Crippen LogP contribution >= 0.6 is 11.8 Å². The average molecular weight is 371 g/mol. The van der Waals surface area contributed by atoms with Gasteiger partial charge in [-0.25, -0.2) is 9.97 Å². The van der Waals surface area contributed by atoms with E-state index in [9.17, 15) is 4.79 Å². The molecule has 4 rings (SSSR count). The molecule has 0 unspecified atom stereocenters. The molecule has 1 atom stereocenters. The Morgan fingerprint density at radius 1 is 1.15 bits per heavy atom. The summed E-state index contributed by atoms with van der Waals surface area (Å²) in [5.41, 5.74) is 0. The molecular weight excluding hydrogens is 344 g/mol. The van der Waals surface area contributed by atoms with E-state index >= 15 is 0 Å². The van der Waals surface area contributed by atoms with E-state index < -0.39 is 0 Å². The van der Waals surface area contributed by atoms with Gasteiger partial charge in [-0.1, -0.05) is 24.2 Å². The van der Waals surface area contributed by atoms with E-state index in [0.29, 0.717) is 11.7 Å². The normalized spacial score (nSPS) is 20.8. The van der Waals surface area contributed by atoms with E-state index in [-0.39, 0.29) is 5.91 Å². The monoisotopic (exact) mass is 370 g/mol. The number of hydrogen-bond acceptors (Lipinski definition) is 4. The van der Waals surface area contributed by atoms with Crippen molar-refractivity contribution in [2.24, 2.45) is 5.92 Å². The molecular formula is C20H26N4OS. The lowest BCUT2D eigenvalue weighted by Gasteiger charge is -2.33. The summed E-state index contributed by atoms with van der Waals surface area (Å²) in [7, 11) is 0. The number of imidazole rings is 1. The lowest BCUT2D eigenvalue weighted by Crippen LogP contribution is -2.40. The Morgan fingerprint density at radius 3 is 2.85 bits per heavy atom. The highest BCUT2D eigenvalue weighted by molar-refractivity contribution is 7.99. The second-order valence-electron chi connectivity index (χ2n) is 7.37. The molecule has 2 aromatic heterocycles. The lowest BCUT2D eigenvalue weighted by atomic mass is 9.85. The van der Waals surface area contributed by atoms with Gasteiger partial charge in [0.05, 0.1) is 10.8 Å². The number of nitrogens with zero attached hydrogens (tertiary/aromatic N) is 4. The zero-order valence-electron chi connectivity index (χ0n) is 15.1. The van der Waals surface area contributed by atoms with Crippen LogP contribution in [0.25, 0.3) is 0 Å². The Morgan fingerprint density at radius 2 is 2.08 bits per heavy atom. The summed E-state index contributed by atoms with van der Waals surface area (Å²) in [4.78, 5) is 23.6. The summed E-state index contributed by atoms with van der Waals surface area (Å²) < 4.78 is 2.34. The summed E-state index contributed by atoms with van der Waals surface area (Å²) in [5.74, 6) is 3.02. The molecule has 1 amide bonds. The number of amides is 1. The Hall–Kier alpha value is -1.82. The summed E-state index contributed by atoms with van der Waals surface area (Å²) >= 11 is 1.52. The summed E-state index contributed by atoms with van der Waals surface area (Å²) in [5, 5.41) is 0.908. The van der Waals surface area contributed by atoms with Crippen molar-refractivity contribution >= 4 is 17.7 Å². The van der Waals surface area contributed by atoms with Crippen LogP contribution < -0.4 is 0 Å². The molecule has 1 aliphatic heterocycles. The maximum absolute atomic E-state index is 12.7. The highest BCUT2D eigenvalue weighted by atomic mass is 32.2. The second kappa shape index (κ2) is 8.25. The average Bonchev–Trinajstić information content (AvgIpc) is 3.12. The van der Waals surface area contributed by atoms with E-state index in [0.717, 1.165) is 43.4 Å². The van der Waals surface area contributed by atoms with E-state index in [1.807, 2.05) is 29.3 Å². The van der Waals surface area contributed by atoms with Crippen molar-refractivity contribution < 1.29 is 4.79 Å². The first kappa shape index (κ1) is 17.6. The molecule has 5 nitrogen and oxygen atoms in total. The van der Waals surface area contributed by atoms with Crippen LogP contribution in [0.4, 0.5) is 0 Å². The minimum absolute atomic E-state index is 0.211. The molecule has 2 fully saturated rings. The molecule has 3 heterocycles. The Kier molecular flexibility index (Phi) is 5.58. The number of carbonyl (C=O) groups is 1. The van der Waals surface area contributed by atoms with Gasteiger partial charge in [0.2, 0.25) is 5.91 Å². The van der Waals surface area contributed by atoms with Gasteiger partial charge in [-0.3, -0.25) is 4.79 Å². The third kappa shape index (κ3) is 4.11. The second-order valence-corrected chi connectivity index (χ2v) is 8.37. The maximum Gasteiger partial charge on any atom is 0.233 e. The van der Waals surface area contributed by atoms with E-state index in [4.69, 9.17) is 0 Å². The predicted molar refractivity (Wildman–Crippen MR) is 103 cm³/mol. The molecule has 26 heavy (non-hydrogen) atoms. The SMILES string of the molecule is O=C(CSc1ccccn1)N1CCC[C@H](c2nccn2CC2CCC2)C1. The van der Waals surface area contributed by atoms with Crippen molar-refractivity contribution in [3.8, 4) is 0 Å². The molecule has 0 bridgehead atoms. The minimum atomic E-state index is 0.211. The summed E-state index contributed by atoms with van der Waals surface area (Å²) in [6, 6.07) is 5.81. The third-order valence-electron chi connectivity index (χ3n) is 5.55. The fourth-order valence-corrected chi connectivity index (χ4v) is 4.63. The fraction of sp³-hybridized carbons (Fsp3) is 0.550. The van der Waals surface area contributed by atoms with Gasteiger partial charge in [0.15, 0.2) is 0 Å². The highest BCUT2D eigenvalue weighted by Crippen LogP contribution is 2.31. The number of carbonyl (C=O) groups excluding carboxylic acids is 1. The van der Waals surface area contributed by atoms with E-state index in [1.54, 1.807) is 6.20 Å². The Labute approximate surface area is 159 Å². The van der Waals surface area contributed by atoms with Crippen molar-refractivity contribution in [2.45, 2.75) is 49.6 Å². The number of rotatable bonds is 6. The van der Waals surface area contributed by atoms with Crippen LogP contribution in [0.15, 0.2) is 41.8 Å². The van der Waals surface area contributed by atoms with Gasteiger partial charge in [0.25, 0.3) is 0 Å². The highest BCUT2D eigenvalue weighted by Gasteiger charge is 2.28. The number of hydrogen-bond donors (Lipinski definition) is 0. The predicted octanol–water partition coefficient (Wildman–Crippen LogP) is 3.58. The molecule has 6 heteroatoms. The van der Waals surface area contributed by atoms with Crippen LogP contribution in [-0.2, 0) is 11.3 Å². The van der Waals surface area contributed by atoms with Crippen LogP contribution in [0.2, 0.25) is 0 Å².